The monoisotopic (exact) mass is 470 g/mol. The molecule has 0 aliphatic heterocycles. The van der Waals surface area contributed by atoms with Crippen molar-refractivity contribution in [3.05, 3.63) is 23.8 Å². The third kappa shape index (κ3) is 4.33. The lowest BCUT2D eigenvalue weighted by molar-refractivity contribution is -0.156. The Morgan fingerprint density at radius 1 is 1.21 bits per heavy atom. The fourth-order valence-electron chi connectivity index (χ4n) is 8.19. The summed E-state index contributed by atoms with van der Waals surface area (Å²) in [5, 5.41) is 10.3. The summed E-state index contributed by atoms with van der Waals surface area (Å²) in [6.45, 7) is 12.5. The minimum Gasteiger partial charge on any atom is -0.459 e. The molecule has 0 heterocycles. The van der Waals surface area contributed by atoms with Gasteiger partial charge in [-0.05, 0) is 87.9 Å². The first-order chi connectivity index (χ1) is 16.0. The van der Waals surface area contributed by atoms with Crippen molar-refractivity contribution in [2.45, 2.75) is 98.5 Å². The van der Waals surface area contributed by atoms with Crippen molar-refractivity contribution < 1.29 is 19.4 Å². The number of carbonyl (C=O) groups excluding carboxylic acids is 2. The van der Waals surface area contributed by atoms with Gasteiger partial charge in [0.1, 0.15) is 11.4 Å². The molecule has 190 valence electrons. The predicted molar refractivity (Wildman–Crippen MR) is 135 cm³/mol. The molecule has 4 heteroatoms. The number of esters is 1. The standard InChI is InChI=1S/C30H46O4/c1-19(9-10-20(2)28(4,5)34-21(3)32)25-12-13-26-22(8-7-15-29(25,26)6)16-24(18-31)30-17-23(30)11-14-27(30)33/h9-10,16,19-20,23-26,31H,7-8,11-15,17-18H2,1-6H3/b10-9+,22-16+/t19-,20+,23-,24+,25-,26+,29-,30+/m1/s1. The Morgan fingerprint density at radius 3 is 2.53 bits per heavy atom. The Morgan fingerprint density at radius 2 is 1.94 bits per heavy atom. The maximum absolute atomic E-state index is 12.7. The van der Waals surface area contributed by atoms with Crippen molar-refractivity contribution in [3.63, 3.8) is 0 Å². The van der Waals surface area contributed by atoms with Crippen LogP contribution in [0.3, 0.4) is 0 Å². The number of allylic oxidation sites excluding steroid dienone is 2. The maximum Gasteiger partial charge on any atom is 0.303 e. The quantitative estimate of drug-likeness (QED) is 0.335. The van der Waals surface area contributed by atoms with Gasteiger partial charge in [-0.2, -0.15) is 0 Å². The lowest BCUT2D eigenvalue weighted by Gasteiger charge is -2.44. The molecule has 0 aromatic rings. The maximum atomic E-state index is 12.7. The summed E-state index contributed by atoms with van der Waals surface area (Å²) in [6.07, 6.45) is 15.7. The van der Waals surface area contributed by atoms with Gasteiger partial charge in [0.05, 0.1) is 6.61 Å². The smallest absolute Gasteiger partial charge is 0.303 e. The molecule has 4 aliphatic rings. The second-order valence-electron chi connectivity index (χ2n) is 12.8. The highest BCUT2D eigenvalue weighted by Gasteiger charge is 2.66. The van der Waals surface area contributed by atoms with Gasteiger partial charge in [0, 0.05) is 30.6 Å². The molecular weight excluding hydrogens is 424 g/mol. The molecule has 0 saturated heterocycles. The van der Waals surface area contributed by atoms with Gasteiger partial charge in [-0.1, -0.05) is 44.6 Å². The van der Waals surface area contributed by atoms with Crippen molar-refractivity contribution in [1.29, 1.82) is 0 Å². The lowest BCUT2D eigenvalue weighted by atomic mass is 9.60. The zero-order chi connectivity index (χ0) is 24.9. The number of aliphatic hydroxyl groups excluding tert-OH is 1. The van der Waals surface area contributed by atoms with Crippen LogP contribution in [0.5, 0.6) is 0 Å². The Bertz CT molecular complexity index is 869. The van der Waals surface area contributed by atoms with Crippen molar-refractivity contribution in [2.75, 3.05) is 6.61 Å². The molecule has 34 heavy (non-hydrogen) atoms. The van der Waals surface area contributed by atoms with Gasteiger partial charge < -0.3 is 9.84 Å². The molecular formula is C30H46O4. The van der Waals surface area contributed by atoms with E-state index >= 15 is 0 Å². The molecule has 4 fully saturated rings. The van der Waals surface area contributed by atoms with Gasteiger partial charge in [-0.15, -0.1) is 0 Å². The Kier molecular flexibility index (Phi) is 6.96. The van der Waals surface area contributed by atoms with Gasteiger partial charge in [-0.25, -0.2) is 0 Å². The summed E-state index contributed by atoms with van der Waals surface area (Å²) in [4.78, 5) is 24.2. The summed E-state index contributed by atoms with van der Waals surface area (Å²) in [5.41, 5.74) is 1.05. The van der Waals surface area contributed by atoms with Crippen molar-refractivity contribution >= 4 is 11.8 Å². The molecule has 0 unspecified atom stereocenters. The van der Waals surface area contributed by atoms with Gasteiger partial charge >= 0.3 is 5.97 Å². The predicted octanol–water partition coefficient (Wildman–Crippen LogP) is 6.28. The first-order valence-corrected chi connectivity index (χ1v) is 13.7. The van der Waals surface area contributed by atoms with E-state index in [1.807, 2.05) is 13.8 Å². The minimum absolute atomic E-state index is 0.0191. The molecule has 8 atom stereocenters. The van der Waals surface area contributed by atoms with Crippen LogP contribution < -0.4 is 0 Å². The summed E-state index contributed by atoms with van der Waals surface area (Å²) in [6, 6.07) is 0. The molecule has 0 radical (unpaired) electrons. The van der Waals surface area contributed by atoms with E-state index in [9.17, 15) is 14.7 Å². The van der Waals surface area contributed by atoms with E-state index in [0.717, 1.165) is 19.3 Å². The Hall–Kier alpha value is -1.42. The zero-order valence-corrected chi connectivity index (χ0v) is 22.2. The van der Waals surface area contributed by atoms with Gasteiger partial charge in [0.15, 0.2) is 0 Å². The SMILES string of the molecule is CC(=O)OC(C)(C)[C@@H](C)/C=C/[C@@H](C)[C@H]1CC[C@H]2/C(=C/[C@@H](CO)[C@]34C[C@H]3CCC4=O)CCC[C@]12C. The number of carbonyl (C=O) groups is 2. The van der Waals surface area contributed by atoms with E-state index < -0.39 is 5.60 Å². The molecule has 4 aliphatic carbocycles. The fourth-order valence-corrected chi connectivity index (χ4v) is 8.19. The average Bonchev–Trinajstić information content (AvgIpc) is 3.26. The molecule has 0 spiro atoms. The minimum atomic E-state index is -0.512. The summed E-state index contributed by atoms with van der Waals surface area (Å²) < 4.78 is 5.54. The largest absolute Gasteiger partial charge is 0.459 e. The van der Waals surface area contributed by atoms with Crippen LogP contribution in [0.1, 0.15) is 92.9 Å². The van der Waals surface area contributed by atoms with Crippen molar-refractivity contribution in [1.82, 2.24) is 0 Å². The van der Waals surface area contributed by atoms with Crippen LogP contribution >= 0.6 is 0 Å². The Balaban J connectivity index is 1.48. The van der Waals surface area contributed by atoms with Gasteiger partial charge in [0.2, 0.25) is 0 Å². The van der Waals surface area contributed by atoms with E-state index in [1.54, 1.807) is 0 Å². The van der Waals surface area contributed by atoms with Crippen LogP contribution in [0.25, 0.3) is 0 Å². The van der Waals surface area contributed by atoms with Crippen molar-refractivity contribution in [3.8, 4) is 0 Å². The molecule has 0 aromatic carbocycles. The second kappa shape index (κ2) is 9.22. The van der Waals surface area contributed by atoms with E-state index in [4.69, 9.17) is 4.74 Å². The number of rotatable bonds is 8. The molecule has 0 amide bonds. The molecule has 1 N–H and O–H groups in total. The molecule has 4 saturated carbocycles. The van der Waals surface area contributed by atoms with Crippen LogP contribution in [0.2, 0.25) is 0 Å². The van der Waals surface area contributed by atoms with Crippen molar-refractivity contribution in [2.24, 2.45) is 46.3 Å². The van der Waals surface area contributed by atoms with Gasteiger partial charge in [-0.3, -0.25) is 9.59 Å². The van der Waals surface area contributed by atoms with Crippen LogP contribution in [0, 0.1) is 46.3 Å². The number of aliphatic hydroxyl groups is 1. The number of hydrogen-bond acceptors (Lipinski definition) is 4. The number of ketones is 1. The normalized spacial score (nSPS) is 39.1. The fraction of sp³-hybridized carbons (Fsp3) is 0.800. The summed E-state index contributed by atoms with van der Waals surface area (Å²) in [5.74, 6) is 2.50. The summed E-state index contributed by atoms with van der Waals surface area (Å²) in [7, 11) is 0. The topological polar surface area (TPSA) is 63.6 Å². The first-order valence-electron chi connectivity index (χ1n) is 13.7. The molecule has 0 aromatic heterocycles. The number of ether oxygens (including phenoxy) is 1. The average molecular weight is 471 g/mol. The first kappa shape index (κ1) is 25.7. The lowest BCUT2D eigenvalue weighted by Crippen LogP contribution is -2.36. The number of hydrogen-bond donors (Lipinski definition) is 1. The van der Waals surface area contributed by atoms with Crippen LogP contribution in [0.15, 0.2) is 23.8 Å². The highest BCUT2D eigenvalue weighted by molar-refractivity contribution is 5.91. The van der Waals surface area contributed by atoms with E-state index in [1.165, 1.54) is 38.2 Å². The molecule has 0 bridgehead atoms. The van der Waals surface area contributed by atoms with Crippen LogP contribution in [-0.2, 0) is 14.3 Å². The third-order valence-electron chi connectivity index (χ3n) is 10.5. The Labute approximate surface area is 206 Å². The summed E-state index contributed by atoms with van der Waals surface area (Å²) >= 11 is 0. The van der Waals surface area contributed by atoms with E-state index in [0.29, 0.717) is 35.9 Å². The van der Waals surface area contributed by atoms with E-state index in [2.05, 4.69) is 39.0 Å². The number of Topliss-reactive ketones (excluding diaryl/α,β-unsaturated/α-hetero) is 1. The highest BCUT2D eigenvalue weighted by Crippen LogP contribution is 2.67. The molecule has 4 rings (SSSR count). The van der Waals surface area contributed by atoms with Crippen LogP contribution in [0.4, 0.5) is 0 Å². The third-order valence-corrected chi connectivity index (χ3v) is 10.5. The van der Waals surface area contributed by atoms with Crippen LogP contribution in [-0.4, -0.2) is 29.1 Å². The zero-order valence-electron chi connectivity index (χ0n) is 22.2. The molecule has 4 nitrogen and oxygen atoms in total. The highest BCUT2D eigenvalue weighted by atomic mass is 16.6. The number of fused-ring (bicyclic) bond motifs is 2. The van der Waals surface area contributed by atoms with E-state index in [-0.39, 0.29) is 35.2 Å². The van der Waals surface area contributed by atoms with Gasteiger partial charge in [0.25, 0.3) is 0 Å². The second-order valence-corrected chi connectivity index (χ2v) is 12.8.